The molecular formula is C13H20FNO. The number of hydrogen-bond donors (Lipinski definition) is 1. The van der Waals surface area contributed by atoms with Gasteiger partial charge in [0.2, 0.25) is 0 Å². The van der Waals surface area contributed by atoms with Crippen molar-refractivity contribution in [1.82, 2.24) is 5.32 Å². The second kappa shape index (κ2) is 6.61. The van der Waals surface area contributed by atoms with E-state index >= 15 is 0 Å². The lowest BCUT2D eigenvalue weighted by Gasteiger charge is -2.26. The van der Waals surface area contributed by atoms with Crippen molar-refractivity contribution >= 4 is 0 Å². The van der Waals surface area contributed by atoms with Gasteiger partial charge in [-0.15, -0.1) is 0 Å². The number of halogens is 1. The summed E-state index contributed by atoms with van der Waals surface area (Å²) in [6.45, 7) is 4.84. The van der Waals surface area contributed by atoms with Crippen LogP contribution in [0.25, 0.3) is 0 Å². The van der Waals surface area contributed by atoms with Crippen molar-refractivity contribution in [3.63, 3.8) is 0 Å². The molecule has 0 heterocycles. The highest BCUT2D eigenvalue weighted by molar-refractivity contribution is 5.22. The molecular weight excluding hydrogens is 205 g/mol. The van der Waals surface area contributed by atoms with Crippen LogP contribution in [-0.4, -0.2) is 19.8 Å². The van der Waals surface area contributed by atoms with Gasteiger partial charge in [-0.05, 0) is 19.0 Å². The van der Waals surface area contributed by atoms with Gasteiger partial charge >= 0.3 is 0 Å². The SMILES string of the molecule is CCNC(c1ccccc1F)C(CC)OC. The Kier molecular flexibility index (Phi) is 5.43. The molecule has 1 N–H and O–H groups in total. The standard InChI is InChI=1S/C13H20FNO/c1-4-12(16-3)13(15-5-2)10-8-6-7-9-11(10)14/h6-9,12-13,15H,4-5H2,1-3H3. The van der Waals surface area contributed by atoms with E-state index in [1.807, 2.05) is 26.0 Å². The van der Waals surface area contributed by atoms with E-state index in [1.54, 1.807) is 13.2 Å². The predicted octanol–water partition coefficient (Wildman–Crippen LogP) is 2.90. The van der Waals surface area contributed by atoms with E-state index in [1.165, 1.54) is 6.07 Å². The molecule has 1 aromatic rings. The second-order valence-corrected chi connectivity index (χ2v) is 3.74. The first-order valence-electron chi connectivity index (χ1n) is 5.75. The van der Waals surface area contributed by atoms with E-state index in [4.69, 9.17) is 4.74 Å². The van der Waals surface area contributed by atoms with Crippen LogP contribution in [-0.2, 0) is 4.74 Å². The summed E-state index contributed by atoms with van der Waals surface area (Å²) in [4.78, 5) is 0. The Morgan fingerprint density at radius 3 is 2.50 bits per heavy atom. The summed E-state index contributed by atoms with van der Waals surface area (Å²) in [7, 11) is 1.67. The van der Waals surface area contributed by atoms with Gasteiger partial charge in [0, 0.05) is 12.7 Å². The average molecular weight is 225 g/mol. The first-order valence-corrected chi connectivity index (χ1v) is 5.75. The molecule has 16 heavy (non-hydrogen) atoms. The Balaban J connectivity index is 2.97. The van der Waals surface area contributed by atoms with Gasteiger partial charge in [0.1, 0.15) is 5.82 Å². The zero-order valence-electron chi connectivity index (χ0n) is 10.2. The molecule has 3 heteroatoms. The van der Waals surface area contributed by atoms with E-state index in [0.717, 1.165) is 13.0 Å². The summed E-state index contributed by atoms with van der Waals surface area (Å²) < 4.78 is 19.1. The van der Waals surface area contributed by atoms with Crippen LogP contribution in [0.3, 0.4) is 0 Å². The summed E-state index contributed by atoms with van der Waals surface area (Å²) in [5.74, 6) is -0.177. The number of methoxy groups -OCH3 is 1. The molecule has 2 nitrogen and oxygen atoms in total. The summed E-state index contributed by atoms with van der Waals surface area (Å²) in [6, 6.07) is 6.77. The molecule has 1 aromatic carbocycles. The molecule has 90 valence electrons. The third kappa shape index (κ3) is 3.03. The van der Waals surface area contributed by atoms with E-state index in [0.29, 0.717) is 5.56 Å². The van der Waals surface area contributed by atoms with E-state index < -0.39 is 0 Å². The Labute approximate surface area is 96.8 Å². The number of likely N-dealkylation sites (N-methyl/N-ethyl adjacent to an activating group) is 1. The van der Waals surface area contributed by atoms with Crippen molar-refractivity contribution in [3.8, 4) is 0 Å². The topological polar surface area (TPSA) is 21.3 Å². The lowest BCUT2D eigenvalue weighted by molar-refractivity contribution is 0.0644. The van der Waals surface area contributed by atoms with Crippen molar-refractivity contribution in [3.05, 3.63) is 35.6 Å². The third-order valence-electron chi connectivity index (χ3n) is 2.74. The quantitative estimate of drug-likeness (QED) is 0.803. The number of rotatable bonds is 6. The van der Waals surface area contributed by atoms with Crippen LogP contribution < -0.4 is 5.32 Å². The molecule has 0 aliphatic heterocycles. The maximum absolute atomic E-state index is 13.7. The highest BCUT2D eigenvalue weighted by Gasteiger charge is 2.22. The lowest BCUT2D eigenvalue weighted by Crippen LogP contribution is -2.33. The van der Waals surface area contributed by atoms with Crippen molar-refractivity contribution in [2.45, 2.75) is 32.4 Å². The summed E-state index contributed by atoms with van der Waals surface area (Å²) in [6.07, 6.45) is 0.847. The fourth-order valence-electron chi connectivity index (χ4n) is 1.93. The van der Waals surface area contributed by atoms with Crippen LogP contribution in [0, 0.1) is 5.82 Å². The predicted molar refractivity (Wildman–Crippen MR) is 63.9 cm³/mol. The second-order valence-electron chi connectivity index (χ2n) is 3.74. The normalized spacial score (nSPS) is 14.8. The minimum Gasteiger partial charge on any atom is -0.379 e. The Bertz CT molecular complexity index is 313. The van der Waals surface area contributed by atoms with Crippen LogP contribution in [0.1, 0.15) is 31.9 Å². The zero-order chi connectivity index (χ0) is 12.0. The number of ether oxygens (including phenoxy) is 1. The van der Waals surface area contributed by atoms with Gasteiger partial charge in [-0.25, -0.2) is 4.39 Å². The van der Waals surface area contributed by atoms with Gasteiger partial charge < -0.3 is 10.1 Å². The molecule has 0 spiro atoms. The van der Waals surface area contributed by atoms with Crippen molar-refractivity contribution in [2.24, 2.45) is 0 Å². The fraction of sp³-hybridized carbons (Fsp3) is 0.538. The van der Waals surface area contributed by atoms with Gasteiger partial charge in [0.15, 0.2) is 0 Å². The minimum absolute atomic E-state index is 0.00292. The molecule has 0 aliphatic carbocycles. The highest BCUT2D eigenvalue weighted by Crippen LogP contribution is 2.23. The molecule has 0 amide bonds. The van der Waals surface area contributed by atoms with Gasteiger partial charge in [0.05, 0.1) is 12.1 Å². The van der Waals surface area contributed by atoms with Gasteiger partial charge in [-0.2, -0.15) is 0 Å². The van der Waals surface area contributed by atoms with E-state index in [9.17, 15) is 4.39 Å². The van der Waals surface area contributed by atoms with Crippen LogP contribution in [0.5, 0.6) is 0 Å². The molecule has 0 bridgehead atoms. The molecule has 0 radical (unpaired) electrons. The monoisotopic (exact) mass is 225 g/mol. The van der Waals surface area contributed by atoms with Crippen molar-refractivity contribution < 1.29 is 9.13 Å². The lowest BCUT2D eigenvalue weighted by atomic mass is 9.99. The highest BCUT2D eigenvalue weighted by atomic mass is 19.1. The summed E-state index contributed by atoms with van der Waals surface area (Å²) in [5, 5.41) is 3.28. The third-order valence-corrected chi connectivity index (χ3v) is 2.74. The molecule has 2 atom stereocenters. The maximum atomic E-state index is 13.7. The molecule has 0 saturated heterocycles. The largest absolute Gasteiger partial charge is 0.379 e. The molecule has 0 saturated carbocycles. The molecule has 0 fully saturated rings. The Morgan fingerprint density at radius 1 is 1.31 bits per heavy atom. The Hall–Kier alpha value is -0.930. The fourth-order valence-corrected chi connectivity index (χ4v) is 1.93. The first kappa shape index (κ1) is 13.1. The number of nitrogens with one attached hydrogen (secondary N) is 1. The minimum atomic E-state index is -0.177. The molecule has 0 aromatic heterocycles. The van der Waals surface area contributed by atoms with Gasteiger partial charge in [0.25, 0.3) is 0 Å². The van der Waals surface area contributed by atoms with Crippen LogP contribution in [0.15, 0.2) is 24.3 Å². The van der Waals surface area contributed by atoms with E-state index in [-0.39, 0.29) is 18.0 Å². The number of benzene rings is 1. The summed E-state index contributed by atoms with van der Waals surface area (Å²) in [5.41, 5.74) is 0.679. The maximum Gasteiger partial charge on any atom is 0.128 e. The Morgan fingerprint density at radius 2 is 2.00 bits per heavy atom. The molecule has 2 unspecified atom stereocenters. The molecule has 1 rings (SSSR count). The van der Waals surface area contributed by atoms with Crippen LogP contribution in [0.2, 0.25) is 0 Å². The number of hydrogen-bond acceptors (Lipinski definition) is 2. The molecule has 0 aliphatic rings. The van der Waals surface area contributed by atoms with Gasteiger partial charge in [-0.3, -0.25) is 0 Å². The van der Waals surface area contributed by atoms with Crippen molar-refractivity contribution in [2.75, 3.05) is 13.7 Å². The summed E-state index contributed by atoms with van der Waals surface area (Å²) >= 11 is 0. The van der Waals surface area contributed by atoms with Gasteiger partial charge in [-0.1, -0.05) is 32.0 Å². The average Bonchev–Trinajstić information content (AvgIpc) is 2.30. The van der Waals surface area contributed by atoms with Crippen LogP contribution in [0.4, 0.5) is 4.39 Å². The smallest absolute Gasteiger partial charge is 0.128 e. The van der Waals surface area contributed by atoms with E-state index in [2.05, 4.69) is 5.32 Å². The first-order chi connectivity index (χ1) is 7.74. The van der Waals surface area contributed by atoms with Crippen LogP contribution >= 0.6 is 0 Å². The zero-order valence-corrected chi connectivity index (χ0v) is 10.2. The van der Waals surface area contributed by atoms with Crippen molar-refractivity contribution in [1.29, 1.82) is 0 Å².